The third-order valence-corrected chi connectivity index (χ3v) is 9.42. The molecule has 4 aliphatic rings. The molecule has 7 rings (SSSR count). The number of benzene rings is 3. The predicted octanol–water partition coefficient (Wildman–Crippen LogP) is 6.16. The number of ketones is 1. The molecular formula is C33H32N2O2. The Hall–Kier alpha value is -3.50. The number of nitrogens with one attached hydrogen (secondary N) is 1. The van der Waals surface area contributed by atoms with E-state index >= 15 is 0 Å². The van der Waals surface area contributed by atoms with E-state index in [1.807, 2.05) is 60.7 Å². The van der Waals surface area contributed by atoms with Gasteiger partial charge in [-0.25, -0.2) is 0 Å². The zero-order valence-electron chi connectivity index (χ0n) is 20.9. The van der Waals surface area contributed by atoms with Gasteiger partial charge in [0.1, 0.15) is 5.54 Å². The van der Waals surface area contributed by atoms with Crippen LogP contribution in [0.25, 0.3) is 6.08 Å². The molecule has 1 saturated carbocycles. The Balaban J connectivity index is 1.44. The smallest absolute Gasteiger partial charge is 0.250 e. The second kappa shape index (κ2) is 8.81. The number of allylic oxidation sites excluding steroid dienone is 1. The topological polar surface area (TPSA) is 49.4 Å². The molecule has 0 aromatic heterocycles. The molecule has 1 amide bonds. The zero-order chi connectivity index (χ0) is 25.0. The van der Waals surface area contributed by atoms with Crippen LogP contribution in [0.1, 0.15) is 54.7 Å². The van der Waals surface area contributed by atoms with E-state index in [9.17, 15) is 9.59 Å². The first kappa shape index (κ1) is 22.7. The number of hydrogen-bond donors (Lipinski definition) is 1. The monoisotopic (exact) mass is 488 g/mol. The average Bonchev–Trinajstić information content (AvgIpc) is 3.56. The van der Waals surface area contributed by atoms with Crippen molar-refractivity contribution < 1.29 is 9.59 Å². The Morgan fingerprint density at radius 2 is 1.57 bits per heavy atom. The second-order valence-corrected chi connectivity index (χ2v) is 11.1. The molecule has 1 spiro atoms. The number of para-hydroxylation sites is 1. The lowest BCUT2D eigenvalue weighted by molar-refractivity contribution is -0.136. The van der Waals surface area contributed by atoms with Crippen molar-refractivity contribution in [2.24, 2.45) is 11.8 Å². The summed E-state index contributed by atoms with van der Waals surface area (Å²) in [7, 11) is 0. The molecule has 0 unspecified atom stereocenters. The van der Waals surface area contributed by atoms with E-state index in [0.29, 0.717) is 12.0 Å². The molecule has 4 heteroatoms. The Bertz CT molecular complexity index is 1370. The van der Waals surface area contributed by atoms with E-state index in [1.54, 1.807) is 6.08 Å². The van der Waals surface area contributed by atoms with Crippen molar-refractivity contribution in [2.45, 2.75) is 55.6 Å². The molecule has 4 nitrogen and oxygen atoms in total. The predicted molar refractivity (Wildman–Crippen MR) is 146 cm³/mol. The fourth-order valence-electron chi connectivity index (χ4n) is 8.13. The van der Waals surface area contributed by atoms with Gasteiger partial charge in [-0.1, -0.05) is 97.8 Å². The van der Waals surface area contributed by atoms with E-state index in [0.717, 1.165) is 35.2 Å². The van der Waals surface area contributed by atoms with Gasteiger partial charge in [0.05, 0.1) is 5.92 Å². The lowest BCUT2D eigenvalue weighted by Crippen LogP contribution is -2.56. The summed E-state index contributed by atoms with van der Waals surface area (Å²) in [5.41, 5.74) is 2.99. The van der Waals surface area contributed by atoms with Crippen LogP contribution >= 0.6 is 0 Å². The first-order valence-corrected chi connectivity index (χ1v) is 13.7. The third kappa shape index (κ3) is 3.31. The van der Waals surface area contributed by atoms with Gasteiger partial charge in [0.2, 0.25) is 5.91 Å². The molecule has 3 aromatic carbocycles. The van der Waals surface area contributed by atoms with Crippen LogP contribution in [0.5, 0.6) is 0 Å². The van der Waals surface area contributed by atoms with Crippen LogP contribution < -0.4 is 5.32 Å². The summed E-state index contributed by atoms with van der Waals surface area (Å²) in [5.74, 6) is 0.0439. The van der Waals surface area contributed by atoms with Crippen molar-refractivity contribution in [1.82, 2.24) is 4.90 Å². The van der Waals surface area contributed by atoms with Crippen molar-refractivity contribution in [3.63, 3.8) is 0 Å². The van der Waals surface area contributed by atoms with Gasteiger partial charge in [0.25, 0.3) is 0 Å². The standard InChI is InChI=1S/C33H32N2O2/c36-29(20-19-22-11-3-1-4-12-22)31-30(23-13-5-2-6-14-23)28-21-24-15-7-10-18-27(24)35(28)33(31)25-16-8-9-17-26(25)34-32(33)37/h1-6,8-9,11-14,16-17,19-20,24,27-28,30-31H,7,10,15,18,21H2,(H,34,37)/b20-19+/t24-,27+,28-,30-,31+,33+/m1/s1. The SMILES string of the molecule is O=C(/C=C/c1ccccc1)[C@H]1[C@H](c2ccccc2)[C@H]2C[C@H]3CCCC[C@@H]3N2[C@]12C(=O)Nc1ccccc12. The minimum atomic E-state index is -0.989. The van der Waals surface area contributed by atoms with E-state index < -0.39 is 11.5 Å². The summed E-state index contributed by atoms with van der Waals surface area (Å²) < 4.78 is 0. The van der Waals surface area contributed by atoms with E-state index in [4.69, 9.17) is 0 Å². The lowest BCUT2D eigenvalue weighted by atomic mass is 9.68. The Morgan fingerprint density at radius 3 is 2.38 bits per heavy atom. The molecule has 3 heterocycles. The van der Waals surface area contributed by atoms with Crippen LogP contribution in [0, 0.1) is 11.8 Å². The van der Waals surface area contributed by atoms with Crippen LogP contribution in [0.15, 0.2) is 91.0 Å². The fourth-order valence-corrected chi connectivity index (χ4v) is 8.13. The summed E-state index contributed by atoms with van der Waals surface area (Å²) in [4.78, 5) is 31.3. The number of nitrogens with zero attached hydrogens (tertiary/aromatic N) is 1. The van der Waals surface area contributed by atoms with E-state index in [-0.39, 0.29) is 23.7 Å². The number of rotatable bonds is 4. The number of fused-ring (bicyclic) bond motifs is 6. The maximum absolute atomic E-state index is 14.4. The van der Waals surface area contributed by atoms with Crippen molar-refractivity contribution in [3.05, 3.63) is 108 Å². The zero-order valence-corrected chi connectivity index (χ0v) is 20.9. The molecule has 3 aromatic rings. The lowest BCUT2D eigenvalue weighted by Gasteiger charge is -2.42. The van der Waals surface area contributed by atoms with Crippen molar-refractivity contribution >= 4 is 23.5 Å². The van der Waals surface area contributed by atoms with Gasteiger partial charge in [-0.2, -0.15) is 0 Å². The molecule has 0 radical (unpaired) electrons. The maximum Gasteiger partial charge on any atom is 0.250 e. The molecule has 1 N–H and O–H groups in total. The number of anilines is 1. The third-order valence-electron chi connectivity index (χ3n) is 9.42. The normalized spacial score (nSPS) is 32.3. The first-order chi connectivity index (χ1) is 18.2. The minimum absolute atomic E-state index is 0.0326. The van der Waals surface area contributed by atoms with Crippen molar-refractivity contribution in [3.8, 4) is 0 Å². The molecule has 0 bridgehead atoms. The largest absolute Gasteiger partial charge is 0.324 e. The summed E-state index contributed by atoms with van der Waals surface area (Å²) in [5, 5.41) is 3.21. The highest BCUT2D eigenvalue weighted by Crippen LogP contribution is 2.64. The van der Waals surface area contributed by atoms with Gasteiger partial charge >= 0.3 is 0 Å². The number of carbonyl (C=O) groups is 2. The average molecular weight is 489 g/mol. The highest BCUT2D eigenvalue weighted by Gasteiger charge is 2.71. The summed E-state index contributed by atoms with van der Waals surface area (Å²) in [6, 6.07) is 29.0. The van der Waals surface area contributed by atoms with Gasteiger partial charge in [-0.05, 0) is 48.4 Å². The highest BCUT2D eigenvalue weighted by atomic mass is 16.2. The Kier molecular flexibility index (Phi) is 5.40. The molecule has 37 heavy (non-hydrogen) atoms. The van der Waals surface area contributed by atoms with Crippen LogP contribution in [0.2, 0.25) is 0 Å². The number of carbonyl (C=O) groups excluding carboxylic acids is 2. The van der Waals surface area contributed by atoms with Crippen LogP contribution in [0.4, 0.5) is 5.69 Å². The molecule has 3 fully saturated rings. The Morgan fingerprint density at radius 1 is 0.865 bits per heavy atom. The molecule has 6 atom stereocenters. The molecule has 3 aliphatic heterocycles. The number of amides is 1. The van der Waals surface area contributed by atoms with Crippen LogP contribution in [-0.4, -0.2) is 28.7 Å². The fraction of sp³-hybridized carbons (Fsp3) is 0.333. The van der Waals surface area contributed by atoms with Gasteiger partial charge in [-0.3, -0.25) is 14.5 Å². The molecule has 2 saturated heterocycles. The van der Waals surface area contributed by atoms with Crippen molar-refractivity contribution in [1.29, 1.82) is 0 Å². The van der Waals surface area contributed by atoms with Crippen molar-refractivity contribution in [2.75, 3.05) is 5.32 Å². The quantitative estimate of drug-likeness (QED) is 0.447. The first-order valence-electron chi connectivity index (χ1n) is 13.7. The minimum Gasteiger partial charge on any atom is -0.324 e. The van der Waals surface area contributed by atoms with Crippen LogP contribution in [-0.2, 0) is 15.1 Å². The molecular weight excluding hydrogens is 456 g/mol. The van der Waals surface area contributed by atoms with Gasteiger partial charge in [-0.15, -0.1) is 0 Å². The molecule has 1 aliphatic carbocycles. The van der Waals surface area contributed by atoms with Gasteiger partial charge < -0.3 is 5.32 Å². The second-order valence-electron chi connectivity index (χ2n) is 11.1. The highest BCUT2D eigenvalue weighted by molar-refractivity contribution is 6.11. The molecule has 186 valence electrons. The maximum atomic E-state index is 14.4. The summed E-state index contributed by atoms with van der Waals surface area (Å²) in [6.07, 6.45) is 9.44. The summed E-state index contributed by atoms with van der Waals surface area (Å²) in [6.45, 7) is 0. The van der Waals surface area contributed by atoms with Gasteiger partial charge in [0.15, 0.2) is 5.78 Å². The number of hydrogen-bond acceptors (Lipinski definition) is 3. The summed E-state index contributed by atoms with van der Waals surface area (Å²) >= 11 is 0. The van der Waals surface area contributed by atoms with Crippen LogP contribution in [0.3, 0.4) is 0 Å². The van der Waals surface area contributed by atoms with Gasteiger partial charge in [0, 0.05) is 29.3 Å². The van der Waals surface area contributed by atoms with E-state index in [1.165, 1.54) is 19.3 Å². The van der Waals surface area contributed by atoms with E-state index in [2.05, 4.69) is 40.5 Å². The Labute approximate surface area is 218 Å².